The maximum atomic E-state index is 3.46. The second kappa shape index (κ2) is 7.24. The van der Waals surface area contributed by atoms with Gasteiger partial charge in [-0.05, 0) is 54.3 Å². The number of hydrogen-bond acceptors (Lipinski definition) is 2. The van der Waals surface area contributed by atoms with E-state index in [2.05, 4.69) is 74.9 Å². The van der Waals surface area contributed by atoms with Gasteiger partial charge in [-0.3, -0.25) is 0 Å². The van der Waals surface area contributed by atoms with Gasteiger partial charge in [0.15, 0.2) is 0 Å². The molecule has 21 heavy (non-hydrogen) atoms. The van der Waals surface area contributed by atoms with Crippen molar-refractivity contribution in [3.05, 3.63) is 57.8 Å². The Kier molecular flexibility index (Phi) is 5.60. The van der Waals surface area contributed by atoms with Crippen molar-refractivity contribution in [1.82, 2.24) is 5.32 Å². The molecule has 0 radical (unpaired) electrons. The average Bonchev–Trinajstić information content (AvgIpc) is 2.96. The molecule has 2 heteroatoms. The lowest BCUT2D eigenvalue weighted by molar-refractivity contribution is 0.527. The van der Waals surface area contributed by atoms with Crippen molar-refractivity contribution in [2.45, 2.75) is 51.5 Å². The van der Waals surface area contributed by atoms with E-state index in [1.165, 1.54) is 35.3 Å². The van der Waals surface area contributed by atoms with Crippen LogP contribution in [0, 0.1) is 0 Å². The van der Waals surface area contributed by atoms with Crippen LogP contribution in [-0.2, 0) is 11.8 Å². The molecular formula is C19H27NS. The molecule has 2 aromatic rings. The summed E-state index contributed by atoms with van der Waals surface area (Å²) in [5, 5.41) is 5.62. The second-order valence-electron chi connectivity index (χ2n) is 6.68. The van der Waals surface area contributed by atoms with E-state index in [0.29, 0.717) is 6.04 Å². The van der Waals surface area contributed by atoms with Crippen LogP contribution in [-0.4, -0.2) is 7.05 Å². The first-order valence-electron chi connectivity index (χ1n) is 7.81. The fourth-order valence-electron chi connectivity index (χ4n) is 2.63. The Morgan fingerprint density at radius 3 is 2.33 bits per heavy atom. The van der Waals surface area contributed by atoms with Crippen molar-refractivity contribution in [2.75, 3.05) is 7.05 Å². The van der Waals surface area contributed by atoms with Crippen molar-refractivity contribution in [3.63, 3.8) is 0 Å². The molecule has 1 heterocycles. The van der Waals surface area contributed by atoms with Crippen molar-refractivity contribution >= 4 is 11.3 Å². The first kappa shape index (κ1) is 16.3. The van der Waals surface area contributed by atoms with Gasteiger partial charge in [-0.25, -0.2) is 0 Å². The molecule has 2 rings (SSSR count). The zero-order valence-corrected chi connectivity index (χ0v) is 14.5. The van der Waals surface area contributed by atoms with Crippen LogP contribution in [0.5, 0.6) is 0 Å². The van der Waals surface area contributed by atoms with Crippen LogP contribution in [0.3, 0.4) is 0 Å². The van der Waals surface area contributed by atoms with E-state index in [-0.39, 0.29) is 5.41 Å². The Hall–Kier alpha value is -1.12. The van der Waals surface area contributed by atoms with Crippen molar-refractivity contribution in [3.8, 4) is 0 Å². The summed E-state index contributed by atoms with van der Waals surface area (Å²) in [5.41, 5.74) is 3.03. The van der Waals surface area contributed by atoms with E-state index in [1.54, 1.807) is 0 Å². The van der Waals surface area contributed by atoms with Crippen LogP contribution in [0.4, 0.5) is 0 Å². The summed E-state index contributed by atoms with van der Waals surface area (Å²) in [6.07, 6.45) is 3.60. The molecule has 1 atom stereocenters. The Bertz CT molecular complexity index is 520. The molecule has 0 aliphatic heterocycles. The summed E-state index contributed by atoms with van der Waals surface area (Å²) in [6.45, 7) is 6.79. The van der Waals surface area contributed by atoms with Crippen molar-refractivity contribution in [1.29, 1.82) is 0 Å². The van der Waals surface area contributed by atoms with Crippen LogP contribution in [0.1, 0.15) is 55.7 Å². The fraction of sp³-hybridized carbons (Fsp3) is 0.474. The largest absolute Gasteiger partial charge is 0.313 e. The molecule has 0 amide bonds. The topological polar surface area (TPSA) is 12.0 Å². The van der Waals surface area contributed by atoms with Crippen LogP contribution < -0.4 is 5.32 Å². The number of thiophene rings is 1. The van der Waals surface area contributed by atoms with Crippen LogP contribution in [0.25, 0.3) is 0 Å². The zero-order chi connectivity index (χ0) is 15.3. The minimum atomic E-state index is 0.229. The maximum Gasteiger partial charge on any atom is 0.0317 e. The summed E-state index contributed by atoms with van der Waals surface area (Å²) >= 11 is 1.86. The predicted molar refractivity (Wildman–Crippen MR) is 94.2 cm³/mol. The van der Waals surface area contributed by atoms with Gasteiger partial charge < -0.3 is 5.32 Å². The van der Waals surface area contributed by atoms with E-state index < -0.39 is 0 Å². The third-order valence-corrected chi connectivity index (χ3v) is 4.96. The highest BCUT2D eigenvalue weighted by molar-refractivity contribution is 7.09. The highest BCUT2D eigenvalue weighted by Crippen LogP contribution is 2.26. The molecule has 1 aromatic heterocycles. The van der Waals surface area contributed by atoms with Crippen LogP contribution in [0.15, 0.2) is 41.8 Å². The molecule has 1 aromatic carbocycles. The van der Waals surface area contributed by atoms with Gasteiger partial charge in [0.25, 0.3) is 0 Å². The number of hydrogen-bond donors (Lipinski definition) is 1. The molecule has 0 saturated carbocycles. The minimum absolute atomic E-state index is 0.229. The van der Waals surface area contributed by atoms with E-state index in [9.17, 15) is 0 Å². The Balaban J connectivity index is 1.94. The predicted octanol–water partition coefficient (Wildman–Crippen LogP) is 5.33. The molecule has 0 saturated heterocycles. The quantitative estimate of drug-likeness (QED) is 0.760. The summed E-state index contributed by atoms with van der Waals surface area (Å²) in [7, 11) is 2.06. The van der Waals surface area contributed by atoms with E-state index >= 15 is 0 Å². The Morgan fingerprint density at radius 1 is 1.10 bits per heavy atom. The molecule has 0 aliphatic carbocycles. The van der Waals surface area contributed by atoms with Gasteiger partial charge in [0, 0.05) is 10.9 Å². The van der Waals surface area contributed by atoms with E-state index in [4.69, 9.17) is 0 Å². The lowest BCUT2D eigenvalue weighted by atomic mass is 9.86. The number of rotatable bonds is 6. The van der Waals surface area contributed by atoms with Gasteiger partial charge in [0.1, 0.15) is 0 Å². The zero-order valence-electron chi connectivity index (χ0n) is 13.6. The van der Waals surface area contributed by atoms with E-state index in [1.807, 2.05) is 11.3 Å². The van der Waals surface area contributed by atoms with Gasteiger partial charge in [-0.2, -0.15) is 0 Å². The van der Waals surface area contributed by atoms with Gasteiger partial charge in [0.05, 0.1) is 0 Å². The average molecular weight is 301 g/mol. The minimum Gasteiger partial charge on any atom is -0.313 e. The Labute approximate surface area is 133 Å². The first-order chi connectivity index (χ1) is 10.0. The van der Waals surface area contributed by atoms with Gasteiger partial charge in [0.2, 0.25) is 0 Å². The van der Waals surface area contributed by atoms with Crippen molar-refractivity contribution < 1.29 is 0 Å². The molecule has 0 aliphatic rings. The lowest BCUT2D eigenvalue weighted by Crippen LogP contribution is -2.17. The summed E-state index contributed by atoms with van der Waals surface area (Å²) in [4.78, 5) is 1.49. The molecule has 1 unspecified atom stereocenters. The van der Waals surface area contributed by atoms with Crippen LogP contribution >= 0.6 is 11.3 Å². The third-order valence-electron chi connectivity index (χ3n) is 4.02. The normalized spacial score (nSPS) is 13.3. The summed E-state index contributed by atoms with van der Waals surface area (Å²) in [6, 6.07) is 14.0. The smallest absolute Gasteiger partial charge is 0.0317 e. The van der Waals surface area contributed by atoms with E-state index in [0.717, 1.165) is 0 Å². The lowest BCUT2D eigenvalue weighted by Gasteiger charge is -2.21. The SMILES string of the molecule is CNC(CCCc1cccs1)c1ccc(C(C)(C)C)cc1. The number of aryl methyl sites for hydroxylation is 1. The fourth-order valence-corrected chi connectivity index (χ4v) is 3.38. The summed E-state index contributed by atoms with van der Waals surface area (Å²) < 4.78 is 0. The standard InChI is InChI=1S/C19H27NS/c1-19(2,3)16-12-10-15(11-13-16)18(20-4)9-5-7-17-8-6-14-21-17/h6,8,10-14,18,20H,5,7,9H2,1-4H3. The second-order valence-corrected chi connectivity index (χ2v) is 7.72. The van der Waals surface area contributed by atoms with Crippen LogP contribution in [0.2, 0.25) is 0 Å². The highest BCUT2D eigenvalue weighted by Gasteiger charge is 2.15. The third kappa shape index (κ3) is 4.69. The number of nitrogens with one attached hydrogen (secondary N) is 1. The highest BCUT2D eigenvalue weighted by atomic mass is 32.1. The molecular weight excluding hydrogens is 274 g/mol. The maximum absolute atomic E-state index is 3.46. The summed E-state index contributed by atoms with van der Waals surface area (Å²) in [5.74, 6) is 0. The van der Waals surface area contributed by atoms with Gasteiger partial charge in [-0.1, -0.05) is 51.1 Å². The molecule has 114 valence electrons. The Morgan fingerprint density at radius 2 is 1.81 bits per heavy atom. The number of benzene rings is 1. The monoisotopic (exact) mass is 301 g/mol. The molecule has 0 fully saturated rings. The molecule has 1 nitrogen and oxygen atoms in total. The molecule has 0 bridgehead atoms. The van der Waals surface area contributed by atoms with Gasteiger partial charge in [-0.15, -0.1) is 11.3 Å². The molecule has 1 N–H and O–H groups in total. The molecule has 0 spiro atoms. The first-order valence-corrected chi connectivity index (χ1v) is 8.69. The van der Waals surface area contributed by atoms with Crippen molar-refractivity contribution in [2.24, 2.45) is 0 Å². The van der Waals surface area contributed by atoms with Gasteiger partial charge >= 0.3 is 0 Å².